The van der Waals surface area contributed by atoms with Crippen molar-refractivity contribution in [3.8, 4) is 11.1 Å². The normalized spacial score (nSPS) is 19.7. The molecule has 2 aromatic carbocycles. The minimum Gasteiger partial charge on any atom is -0.297 e. The molecule has 1 aliphatic rings. The maximum Gasteiger partial charge on any atom is 0.0171 e. The maximum absolute atomic E-state index is 2.61. The van der Waals surface area contributed by atoms with Crippen LogP contribution in [0.2, 0.25) is 0 Å². The molecular weight excluding hydrogens is 278 g/mol. The second-order valence-electron chi connectivity index (χ2n) is 6.64. The van der Waals surface area contributed by atoms with Crippen molar-refractivity contribution in [2.75, 3.05) is 13.1 Å². The predicted octanol–water partition coefficient (Wildman–Crippen LogP) is 5.63. The highest BCUT2D eigenvalue weighted by atomic mass is 15.1. The summed E-state index contributed by atoms with van der Waals surface area (Å²) in [5.74, 6) is 0. The molecule has 0 N–H and O–H groups in total. The molecule has 0 bridgehead atoms. The summed E-state index contributed by atoms with van der Waals surface area (Å²) >= 11 is 0. The van der Waals surface area contributed by atoms with Crippen LogP contribution >= 0.6 is 0 Å². The molecular formula is C22H27N. The molecule has 1 saturated heterocycles. The summed E-state index contributed by atoms with van der Waals surface area (Å²) < 4.78 is 0. The third-order valence-electron chi connectivity index (χ3n) is 5.01. The molecule has 1 unspecified atom stereocenters. The number of hydrogen-bond donors (Lipinski definition) is 0. The molecule has 0 aliphatic carbocycles. The third kappa shape index (κ3) is 3.92. The van der Waals surface area contributed by atoms with E-state index in [9.17, 15) is 0 Å². The predicted molar refractivity (Wildman–Crippen MR) is 100 cm³/mol. The van der Waals surface area contributed by atoms with Crippen LogP contribution in [-0.2, 0) is 0 Å². The molecule has 1 heterocycles. The Labute approximate surface area is 140 Å². The van der Waals surface area contributed by atoms with Crippen molar-refractivity contribution in [2.45, 2.75) is 39.2 Å². The van der Waals surface area contributed by atoms with Gasteiger partial charge in [0.25, 0.3) is 0 Å². The van der Waals surface area contributed by atoms with E-state index in [2.05, 4.69) is 79.4 Å². The Balaban J connectivity index is 1.82. The first-order chi connectivity index (χ1) is 11.3. The van der Waals surface area contributed by atoms with E-state index in [1.807, 2.05) is 0 Å². The molecule has 120 valence electrons. The Bertz CT molecular complexity index is 657. The van der Waals surface area contributed by atoms with Crippen LogP contribution in [0.5, 0.6) is 0 Å². The molecule has 1 heteroatoms. The molecule has 1 fully saturated rings. The molecule has 0 spiro atoms. The lowest BCUT2D eigenvalue weighted by molar-refractivity contribution is 0.179. The summed E-state index contributed by atoms with van der Waals surface area (Å²) in [6, 6.07) is 20.1. The van der Waals surface area contributed by atoms with Gasteiger partial charge in [0, 0.05) is 12.6 Å². The number of nitrogens with zero attached hydrogens (tertiary/aromatic N) is 1. The zero-order valence-electron chi connectivity index (χ0n) is 14.3. The van der Waals surface area contributed by atoms with Gasteiger partial charge in [-0.3, -0.25) is 4.90 Å². The highest BCUT2D eigenvalue weighted by Gasteiger charge is 2.16. The average Bonchev–Trinajstić information content (AvgIpc) is 2.61. The van der Waals surface area contributed by atoms with E-state index >= 15 is 0 Å². The van der Waals surface area contributed by atoms with Crippen molar-refractivity contribution in [3.05, 3.63) is 66.2 Å². The summed E-state index contributed by atoms with van der Waals surface area (Å²) in [7, 11) is 0. The summed E-state index contributed by atoms with van der Waals surface area (Å²) in [6.07, 6.45) is 6.48. The van der Waals surface area contributed by atoms with Crippen LogP contribution in [0.15, 0.2) is 60.7 Å². The topological polar surface area (TPSA) is 3.24 Å². The standard InChI is InChI=1S/C22H27N/c1-18(15-17-23-16-9-8-10-19(23)2)21-13-6-7-14-22(21)20-11-4-3-5-12-20/h3-7,11-15,19H,8-10,16-17H2,1-2H3. The molecule has 0 amide bonds. The van der Waals surface area contributed by atoms with Crippen molar-refractivity contribution in [3.63, 3.8) is 0 Å². The van der Waals surface area contributed by atoms with E-state index in [4.69, 9.17) is 0 Å². The van der Waals surface area contributed by atoms with Crippen LogP contribution in [0.25, 0.3) is 16.7 Å². The number of benzene rings is 2. The lowest BCUT2D eigenvalue weighted by atomic mass is 9.95. The van der Waals surface area contributed by atoms with Gasteiger partial charge in [-0.1, -0.05) is 67.1 Å². The van der Waals surface area contributed by atoms with Gasteiger partial charge >= 0.3 is 0 Å². The monoisotopic (exact) mass is 305 g/mol. The number of likely N-dealkylation sites (tertiary alicyclic amines) is 1. The Morgan fingerprint density at radius 1 is 1.04 bits per heavy atom. The minimum absolute atomic E-state index is 0.720. The van der Waals surface area contributed by atoms with Gasteiger partial charge in [0.15, 0.2) is 0 Å². The van der Waals surface area contributed by atoms with Gasteiger partial charge in [0.2, 0.25) is 0 Å². The SMILES string of the molecule is CC(=CCN1CCCCC1C)c1ccccc1-c1ccccc1. The van der Waals surface area contributed by atoms with Crippen LogP contribution < -0.4 is 0 Å². The fourth-order valence-electron chi connectivity index (χ4n) is 3.49. The van der Waals surface area contributed by atoms with Crippen LogP contribution in [0.3, 0.4) is 0 Å². The van der Waals surface area contributed by atoms with Crippen molar-refractivity contribution in [2.24, 2.45) is 0 Å². The Morgan fingerprint density at radius 3 is 2.57 bits per heavy atom. The summed E-state index contributed by atoms with van der Waals surface area (Å²) in [5.41, 5.74) is 5.35. The van der Waals surface area contributed by atoms with E-state index in [0.717, 1.165) is 12.6 Å². The van der Waals surface area contributed by atoms with Crippen molar-refractivity contribution >= 4 is 5.57 Å². The van der Waals surface area contributed by atoms with Crippen LogP contribution in [0, 0.1) is 0 Å². The van der Waals surface area contributed by atoms with Crippen molar-refractivity contribution in [1.82, 2.24) is 4.90 Å². The van der Waals surface area contributed by atoms with Gasteiger partial charge in [-0.15, -0.1) is 0 Å². The molecule has 3 rings (SSSR count). The summed E-state index contributed by atoms with van der Waals surface area (Å²) in [5, 5.41) is 0. The highest BCUT2D eigenvalue weighted by Crippen LogP contribution is 2.28. The van der Waals surface area contributed by atoms with Crippen LogP contribution in [0.1, 0.15) is 38.7 Å². The number of rotatable bonds is 4. The molecule has 0 aromatic heterocycles. The van der Waals surface area contributed by atoms with Gasteiger partial charge in [0.05, 0.1) is 0 Å². The maximum atomic E-state index is 2.61. The number of allylic oxidation sites excluding steroid dienone is 1. The van der Waals surface area contributed by atoms with E-state index in [-0.39, 0.29) is 0 Å². The second-order valence-corrected chi connectivity index (χ2v) is 6.64. The molecule has 1 nitrogen and oxygen atoms in total. The second kappa shape index (κ2) is 7.61. The first-order valence-corrected chi connectivity index (χ1v) is 8.81. The Kier molecular flexibility index (Phi) is 5.30. The first kappa shape index (κ1) is 16.0. The third-order valence-corrected chi connectivity index (χ3v) is 5.01. The quantitative estimate of drug-likeness (QED) is 0.707. The van der Waals surface area contributed by atoms with Crippen molar-refractivity contribution < 1.29 is 0 Å². The zero-order valence-corrected chi connectivity index (χ0v) is 14.3. The van der Waals surface area contributed by atoms with E-state index in [0.29, 0.717) is 0 Å². The Hall–Kier alpha value is -1.86. The average molecular weight is 305 g/mol. The molecule has 1 atom stereocenters. The fraction of sp³-hybridized carbons (Fsp3) is 0.364. The van der Waals surface area contributed by atoms with Gasteiger partial charge in [0.1, 0.15) is 0 Å². The summed E-state index contributed by atoms with van der Waals surface area (Å²) in [4.78, 5) is 2.61. The largest absolute Gasteiger partial charge is 0.297 e. The molecule has 1 aliphatic heterocycles. The van der Waals surface area contributed by atoms with Crippen LogP contribution in [0.4, 0.5) is 0 Å². The summed E-state index contributed by atoms with van der Waals surface area (Å²) in [6.45, 7) is 6.91. The van der Waals surface area contributed by atoms with E-state index in [1.165, 1.54) is 48.1 Å². The molecule has 23 heavy (non-hydrogen) atoms. The highest BCUT2D eigenvalue weighted by molar-refractivity contribution is 5.80. The van der Waals surface area contributed by atoms with Gasteiger partial charge in [-0.25, -0.2) is 0 Å². The first-order valence-electron chi connectivity index (χ1n) is 8.81. The number of hydrogen-bond acceptors (Lipinski definition) is 1. The molecule has 0 saturated carbocycles. The molecule has 2 aromatic rings. The molecule has 0 radical (unpaired) electrons. The lowest BCUT2D eigenvalue weighted by Gasteiger charge is -2.32. The Morgan fingerprint density at radius 2 is 1.78 bits per heavy atom. The van der Waals surface area contributed by atoms with Gasteiger partial charge in [-0.2, -0.15) is 0 Å². The fourth-order valence-corrected chi connectivity index (χ4v) is 3.49. The lowest BCUT2D eigenvalue weighted by Crippen LogP contribution is -2.37. The smallest absolute Gasteiger partial charge is 0.0171 e. The van der Waals surface area contributed by atoms with Gasteiger partial charge in [-0.05, 0) is 55.5 Å². The van der Waals surface area contributed by atoms with E-state index in [1.54, 1.807) is 0 Å². The van der Waals surface area contributed by atoms with Gasteiger partial charge < -0.3 is 0 Å². The number of piperidine rings is 1. The zero-order chi connectivity index (χ0) is 16.1. The minimum atomic E-state index is 0.720. The van der Waals surface area contributed by atoms with Crippen LogP contribution in [-0.4, -0.2) is 24.0 Å². The van der Waals surface area contributed by atoms with Crippen molar-refractivity contribution in [1.29, 1.82) is 0 Å². The van der Waals surface area contributed by atoms with E-state index < -0.39 is 0 Å².